The van der Waals surface area contributed by atoms with Gasteiger partial charge in [0.15, 0.2) is 0 Å². The van der Waals surface area contributed by atoms with E-state index in [1.807, 2.05) is 0 Å². The summed E-state index contributed by atoms with van der Waals surface area (Å²) in [6.07, 6.45) is 6.21. The van der Waals surface area contributed by atoms with Crippen molar-refractivity contribution in [1.29, 1.82) is 0 Å². The zero-order valence-corrected chi connectivity index (χ0v) is 12.3. The van der Waals surface area contributed by atoms with Crippen LogP contribution in [0.25, 0.3) is 0 Å². The molecule has 0 aliphatic heterocycles. The third-order valence-corrected chi connectivity index (χ3v) is 4.65. The van der Waals surface area contributed by atoms with E-state index >= 15 is 0 Å². The van der Waals surface area contributed by atoms with Gasteiger partial charge in [-0.1, -0.05) is 37.5 Å². The van der Waals surface area contributed by atoms with E-state index in [0.29, 0.717) is 6.61 Å². The molecule has 0 unspecified atom stereocenters. The van der Waals surface area contributed by atoms with Crippen LogP contribution in [0.1, 0.15) is 48.8 Å². The first-order chi connectivity index (χ1) is 9.15. The van der Waals surface area contributed by atoms with Crippen molar-refractivity contribution in [1.82, 2.24) is 5.32 Å². The fourth-order valence-corrected chi connectivity index (χ4v) is 3.08. The Balaban J connectivity index is 1.86. The first-order valence-corrected chi connectivity index (χ1v) is 7.53. The van der Waals surface area contributed by atoms with Crippen LogP contribution in [0.15, 0.2) is 18.2 Å². The van der Waals surface area contributed by atoms with Gasteiger partial charge in [0, 0.05) is 25.1 Å². The van der Waals surface area contributed by atoms with Crippen LogP contribution in [0.2, 0.25) is 0 Å². The minimum absolute atomic E-state index is 0.137. The van der Waals surface area contributed by atoms with Gasteiger partial charge in [0.1, 0.15) is 0 Å². The van der Waals surface area contributed by atoms with Crippen molar-refractivity contribution in [2.45, 2.75) is 52.5 Å². The summed E-state index contributed by atoms with van der Waals surface area (Å²) in [4.78, 5) is 0. The fourth-order valence-electron chi connectivity index (χ4n) is 3.08. The number of rotatable bonds is 5. The van der Waals surface area contributed by atoms with Crippen molar-refractivity contribution in [3.63, 3.8) is 0 Å². The van der Waals surface area contributed by atoms with Crippen LogP contribution in [-0.4, -0.2) is 18.3 Å². The molecule has 1 aliphatic carbocycles. The third kappa shape index (κ3) is 3.80. The van der Waals surface area contributed by atoms with Crippen LogP contribution < -0.4 is 5.32 Å². The predicted octanol–water partition coefficient (Wildman–Crippen LogP) is 3.34. The number of benzene rings is 1. The summed E-state index contributed by atoms with van der Waals surface area (Å²) < 4.78 is 0. The van der Waals surface area contributed by atoms with Gasteiger partial charge in [-0.2, -0.15) is 0 Å². The Bertz CT molecular complexity index is 408. The molecule has 0 aromatic heterocycles. The van der Waals surface area contributed by atoms with Crippen LogP contribution in [0, 0.1) is 19.3 Å². The zero-order valence-electron chi connectivity index (χ0n) is 12.3. The van der Waals surface area contributed by atoms with Crippen molar-refractivity contribution >= 4 is 0 Å². The maximum absolute atomic E-state index is 9.68. The number of aliphatic hydroxyl groups excluding tert-OH is 1. The Kier molecular flexibility index (Phi) is 5.00. The van der Waals surface area contributed by atoms with Crippen LogP contribution in [-0.2, 0) is 6.54 Å². The van der Waals surface area contributed by atoms with E-state index in [9.17, 15) is 5.11 Å². The molecule has 106 valence electrons. The monoisotopic (exact) mass is 261 g/mol. The second kappa shape index (κ2) is 6.53. The van der Waals surface area contributed by atoms with E-state index in [-0.39, 0.29) is 5.41 Å². The van der Waals surface area contributed by atoms with Crippen molar-refractivity contribution in [3.05, 3.63) is 34.9 Å². The fraction of sp³-hybridized carbons (Fsp3) is 0.647. The summed E-state index contributed by atoms with van der Waals surface area (Å²) in [5.74, 6) is 0. The Morgan fingerprint density at radius 2 is 1.84 bits per heavy atom. The molecule has 0 radical (unpaired) electrons. The number of aryl methyl sites for hydroxylation is 2. The van der Waals surface area contributed by atoms with E-state index in [4.69, 9.17) is 0 Å². The molecular weight excluding hydrogens is 234 g/mol. The lowest BCUT2D eigenvalue weighted by Crippen LogP contribution is -2.38. The molecule has 0 atom stereocenters. The summed E-state index contributed by atoms with van der Waals surface area (Å²) in [6.45, 7) is 6.48. The summed E-state index contributed by atoms with van der Waals surface area (Å²) in [5, 5.41) is 13.2. The van der Waals surface area contributed by atoms with Gasteiger partial charge in [-0.25, -0.2) is 0 Å². The molecule has 2 rings (SSSR count). The Hall–Kier alpha value is -0.860. The minimum atomic E-state index is 0.137. The van der Waals surface area contributed by atoms with E-state index in [1.54, 1.807) is 0 Å². The predicted molar refractivity (Wildman–Crippen MR) is 80.2 cm³/mol. The molecule has 0 spiro atoms. The molecule has 1 aromatic carbocycles. The van der Waals surface area contributed by atoms with Crippen LogP contribution in [0.4, 0.5) is 0 Å². The average molecular weight is 261 g/mol. The number of hydrogen-bond donors (Lipinski definition) is 2. The molecule has 2 heteroatoms. The molecule has 0 bridgehead atoms. The number of aliphatic hydroxyl groups is 1. The first-order valence-electron chi connectivity index (χ1n) is 7.53. The molecule has 1 saturated carbocycles. The van der Waals surface area contributed by atoms with Gasteiger partial charge in [0.25, 0.3) is 0 Å². The van der Waals surface area contributed by atoms with Gasteiger partial charge >= 0.3 is 0 Å². The van der Waals surface area contributed by atoms with Gasteiger partial charge in [-0.3, -0.25) is 0 Å². The van der Waals surface area contributed by atoms with Gasteiger partial charge < -0.3 is 10.4 Å². The molecule has 0 saturated heterocycles. The number of nitrogens with one attached hydrogen (secondary N) is 1. The SMILES string of the molecule is Cc1ccc(CNCC2(CO)CCCCC2)cc1C. The average Bonchev–Trinajstić information content (AvgIpc) is 2.44. The molecule has 1 aliphatic rings. The molecule has 19 heavy (non-hydrogen) atoms. The second-order valence-electron chi connectivity index (χ2n) is 6.24. The highest BCUT2D eigenvalue weighted by molar-refractivity contribution is 5.29. The second-order valence-corrected chi connectivity index (χ2v) is 6.24. The lowest BCUT2D eigenvalue weighted by Gasteiger charge is -2.35. The Morgan fingerprint density at radius 3 is 2.47 bits per heavy atom. The maximum atomic E-state index is 9.68. The molecular formula is C17H27NO. The van der Waals surface area contributed by atoms with Crippen LogP contribution in [0.3, 0.4) is 0 Å². The first kappa shape index (κ1) is 14.5. The lowest BCUT2D eigenvalue weighted by molar-refractivity contribution is 0.0810. The molecule has 2 N–H and O–H groups in total. The molecule has 1 fully saturated rings. The smallest absolute Gasteiger partial charge is 0.0499 e. The van der Waals surface area contributed by atoms with Gasteiger partial charge in [-0.15, -0.1) is 0 Å². The van der Waals surface area contributed by atoms with Crippen LogP contribution >= 0.6 is 0 Å². The number of hydrogen-bond acceptors (Lipinski definition) is 2. The maximum Gasteiger partial charge on any atom is 0.0499 e. The van der Waals surface area contributed by atoms with E-state index in [0.717, 1.165) is 13.1 Å². The minimum Gasteiger partial charge on any atom is -0.396 e. The van der Waals surface area contributed by atoms with E-state index in [2.05, 4.69) is 37.4 Å². The van der Waals surface area contributed by atoms with Crippen LogP contribution in [0.5, 0.6) is 0 Å². The summed E-state index contributed by atoms with van der Waals surface area (Å²) in [6, 6.07) is 6.64. The van der Waals surface area contributed by atoms with Crippen molar-refractivity contribution in [2.75, 3.05) is 13.2 Å². The standard InChI is InChI=1S/C17H27NO/c1-14-6-7-16(10-15(14)2)11-18-12-17(13-19)8-4-3-5-9-17/h6-7,10,18-19H,3-5,8-9,11-13H2,1-2H3. The largest absolute Gasteiger partial charge is 0.396 e. The lowest BCUT2D eigenvalue weighted by atomic mass is 9.74. The molecule has 1 aromatic rings. The summed E-state index contributed by atoms with van der Waals surface area (Å²) >= 11 is 0. The Morgan fingerprint density at radius 1 is 1.11 bits per heavy atom. The Labute approximate surface area is 117 Å². The molecule has 0 amide bonds. The topological polar surface area (TPSA) is 32.3 Å². The highest BCUT2D eigenvalue weighted by atomic mass is 16.3. The van der Waals surface area contributed by atoms with Gasteiger partial charge in [0.2, 0.25) is 0 Å². The normalized spacial score (nSPS) is 18.5. The molecule has 0 heterocycles. The summed E-state index contributed by atoms with van der Waals surface area (Å²) in [5.41, 5.74) is 4.18. The van der Waals surface area contributed by atoms with Crippen molar-refractivity contribution in [2.24, 2.45) is 5.41 Å². The highest BCUT2D eigenvalue weighted by Gasteiger charge is 2.30. The summed E-state index contributed by atoms with van der Waals surface area (Å²) in [7, 11) is 0. The van der Waals surface area contributed by atoms with Crippen molar-refractivity contribution in [3.8, 4) is 0 Å². The van der Waals surface area contributed by atoms with Gasteiger partial charge in [0.05, 0.1) is 0 Å². The van der Waals surface area contributed by atoms with Crippen molar-refractivity contribution < 1.29 is 5.11 Å². The third-order valence-electron chi connectivity index (χ3n) is 4.65. The quantitative estimate of drug-likeness (QED) is 0.852. The zero-order chi connectivity index (χ0) is 13.7. The highest BCUT2D eigenvalue weighted by Crippen LogP contribution is 2.35. The van der Waals surface area contributed by atoms with E-state index in [1.165, 1.54) is 48.8 Å². The van der Waals surface area contributed by atoms with E-state index < -0.39 is 0 Å². The van der Waals surface area contributed by atoms with Gasteiger partial charge in [-0.05, 0) is 43.4 Å². The molecule has 2 nitrogen and oxygen atoms in total.